The van der Waals surface area contributed by atoms with Crippen LogP contribution in [0.5, 0.6) is 11.5 Å². The first kappa shape index (κ1) is 32.6. The molecule has 0 amide bonds. The summed E-state index contributed by atoms with van der Waals surface area (Å²) in [5.41, 5.74) is -1.68. The Morgan fingerprint density at radius 1 is 1.15 bits per heavy atom. The van der Waals surface area contributed by atoms with Crippen molar-refractivity contribution in [2.24, 2.45) is 28.6 Å². The number of carboxylic acid groups (broad SMARTS) is 1. The summed E-state index contributed by atoms with van der Waals surface area (Å²) in [6.07, 6.45) is 4.03. The third kappa shape index (κ3) is 4.62. The summed E-state index contributed by atoms with van der Waals surface area (Å²) in [4.78, 5) is 37.5. The van der Waals surface area contributed by atoms with Gasteiger partial charge in [-0.2, -0.15) is 0 Å². The lowest BCUT2D eigenvalue weighted by molar-refractivity contribution is -0.201. The first-order valence-electron chi connectivity index (χ1n) is 16.3. The summed E-state index contributed by atoms with van der Waals surface area (Å²) in [5, 5.41) is 31.5. The van der Waals surface area contributed by atoms with Crippen molar-refractivity contribution in [3.05, 3.63) is 82.7 Å². The quantitative estimate of drug-likeness (QED) is 0.363. The minimum Gasteiger partial charge on any atom is -0.496 e. The molecule has 3 saturated carbocycles. The number of Topliss-reactive ketones (excluding diaryl/α,β-unsaturated/α-hetero) is 1. The minimum atomic E-state index is -1.68. The van der Waals surface area contributed by atoms with Crippen molar-refractivity contribution in [2.75, 3.05) is 13.7 Å². The summed E-state index contributed by atoms with van der Waals surface area (Å²) in [6, 6.07) is 9.01. The van der Waals surface area contributed by atoms with Gasteiger partial charge in [0.25, 0.3) is 0 Å². The zero-order valence-electron chi connectivity index (χ0n) is 27.0. The molecule has 3 N–H and O–H groups in total. The van der Waals surface area contributed by atoms with Crippen LogP contribution in [0, 0.1) is 34.4 Å². The van der Waals surface area contributed by atoms with Crippen LogP contribution in [0.3, 0.4) is 0 Å². The molecule has 0 aromatic heterocycles. The second kappa shape index (κ2) is 11.6. The summed E-state index contributed by atoms with van der Waals surface area (Å²) in [6.45, 7) is 3.02. The molecule has 0 spiro atoms. The van der Waals surface area contributed by atoms with Gasteiger partial charge in [-0.15, -0.1) is 0 Å². The lowest BCUT2D eigenvalue weighted by atomic mass is 9.46. The summed E-state index contributed by atoms with van der Waals surface area (Å²) >= 11 is 0. The van der Waals surface area contributed by atoms with Crippen molar-refractivity contribution >= 4 is 17.5 Å². The number of aliphatic hydroxyl groups excluding tert-OH is 2. The molecule has 7 rings (SSSR count). The van der Waals surface area contributed by atoms with E-state index in [1.54, 1.807) is 24.3 Å². The molecule has 4 fully saturated rings. The normalized spacial score (nSPS) is 36.4. The number of ketones is 2. The van der Waals surface area contributed by atoms with Crippen LogP contribution in [-0.2, 0) is 25.7 Å². The van der Waals surface area contributed by atoms with Crippen LogP contribution in [0.2, 0.25) is 0 Å². The number of carbonyl (C=O) groups is 3. The number of aromatic carboxylic acids is 1. The van der Waals surface area contributed by atoms with Gasteiger partial charge in [0.1, 0.15) is 19.0 Å². The molecule has 9 atom stereocenters. The van der Waals surface area contributed by atoms with Crippen LogP contribution in [0.15, 0.2) is 60.2 Å². The highest BCUT2D eigenvalue weighted by Gasteiger charge is 2.76. The van der Waals surface area contributed by atoms with Crippen LogP contribution < -0.4 is 9.47 Å². The van der Waals surface area contributed by atoms with Crippen molar-refractivity contribution in [3.63, 3.8) is 0 Å². The summed E-state index contributed by atoms with van der Waals surface area (Å²) in [5.74, 6) is -2.98. The van der Waals surface area contributed by atoms with Gasteiger partial charge in [-0.1, -0.05) is 37.6 Å². The van der Waals surface area contributed by atoms with Crippen LogP contribution in [0.1, 0.15) is 67.3 Å². The van der Waals surface area contributed by atoms with Crippen LogP contribution in [0.4, 0.5) is 4.39 Å². The van der Waals surface area contributed by atoms with Gasteiger partial charge in [0.15, 0.2) is 35.0 Å². The Hall–Kier alpha value is -3.90. The Morgan fingerprint density at radius 3 is 2.65 bits per heavy atom. The summed E-state index contributed by atoms with van der Waals surface area (Å²) < 4.78 is 40.7. The van der Waals surface area contributed by atoms with E-state index in [4.69, 9.17) is 18.9 Å². The Morgan fingerprint density at radius 2 is 1.92 bits per heavy atom. The number of carbonyl (C=O) groups excluding carboxylic acids is 2. The number of hydrogen-bond acceptors (Lipinski definition) is 9. The van der Waals surface area contributed by atoms with Gasteiger partial charge in [0.05, 0.1) is 30.4 Å². The van der Waals surface area contributed by atoms with E-state index < -0.39 is 59.1 Å². The molecule has 1 aliphatic heterocycles. The lowest BCUT2D eigenvalue weighted by Gasteiger charge is -2.59. The molecule has 0 bridgehead atoms. The fraction of sp³-hybridized carbons (Fsp3) is 0.486. The number of halogens is 1. The van der Waals surface area contributed by atoms with Crippen molar-refractivity contribution in [1.82, 2.24) is 0 Å². The molecule has 2 aromatic carbocycles. The van der Waals surface area contributed by atoms with Gasteiger partial charge in [-0.05, 0) is 79.5 Å². The van der Waals surface area contributed by atoms with Gasteiger partial charge in [-0.25, -0.2) is 9.18 Å². The van der Waals surface area contributed by atoms with Crippen LogP contribution in [0.25, 0.3) is 0 Å². The number of rotatable bonds is 8. The van der Waals surface area contributed by atoms with E-state index in [1.807, 2.05) is 13.0 Å². The SMILES string of the molecule is COc1ccc(OCc2cccc(C(=O)O)c2)c(F)c1[C@H]1O[C@@H]2C[C@H]3[C@@H]4CCC5=CC(=O)C=C[C@]5(C)[C@H]4[C@@H](O)C[C@]3(C)[C@]2(C(=O)CO)O1. The average Bonchev–Trinajstić information content (AvgIpc) is 3.56. The summed E-state index contributed by atoms with van der Waals surface area (Å²) in [7, 11) is 1.37. The van der Waals surface area contributed by atoms with E-state index in [2.05, 4.69) is 6.92 Å². The Balaban J connectivity index is 1.21. The zero-order chi connectivity index (χ0) is 34.2. The first-order valence-corrected chi connectivity index (χ1v) is 16.3. The van der Waals surface area contributed by atoms with Crippen molar-refractivity contribution in [2.45, 2.75) is 70.2 Å². The number of fused-ring (bicyclic) bond motifs is 7. The van der Waals surface area contributed by atoms with Crippen LogP contribution in [-0.4, -0.2) is 64.4 Å². The monoisotopic (exact) mass is 662 g/mol. The van der Waals surface area contributed by atoms with E-state index in [-0.39, 0.29) is 59.2 Å². The van der Waals surface area contributed by atoms with Crippen molar-refractivity contribution in [3.8, 4) is 11.5 Å². The topological polar surface area (TPSA) is 149 Å². The second-order valence-electron chi connectivity index (χ2n) is 14.1. The predicted molar refractivity (Wildman–Crippen MR) is 168 cm³/mol. The number of aliphatic hydroxyl groups is 2. The molecular formula is C37H39FO10. The van der Waals surface area contributed by atoms with Crippen LogP contribution >= 0.6 is 0 Å². The molecule has 11 heteroatoms. The average molecular weight is 663 g/mol. The molecule has 2 aromatic rings. The molecule has 0 unspecified atom stereocenters. The molecule has 5 aliphatic rings. The minimum absolute atomic E-state index is 0.0269. The Bertz CT molecular complexity index is 1750. The fourth-order valence-electron chi connectivity index (χ4n) is 9.83. The maximum Gasteiger partial charge on any atom is 0.335 e. The molecule has 254 valence electrons. The van der Waals surface area contributed by atoms with E-state index in [0.717, 1.165) is 5.57 Å². The Kier molecular flexibility index (Phi) is 7.90. The van der Waals surface area contributed by atoms with Gasteiger partial charge in [-0.3, -0.25) is 9.59 Å². The predicted octanol–water partition coefficient (Wildman–Crippen LogP) is 4.71. The first-order chi connectivity index (χ1) is 22.9. The standard InChI is InChI=1S/C37H39FO10/c1-35-12-11-22(40)14-21(35)7-8-23-24-15-29-37(28(42)17-39,36(24,2)16-25(41)31(23)35)48-34(47-29)30-26(45-3)9-10-27(32(30)38)46-18-19-5-4-6-20(13-19)33(43)44/h4-6,9-14,23-25,29,31,34,39,41H,7-8,15-18H2,1-3H3,(H,43,44)/t23-,24-,25-,29+,31+,34-,35-,36-,37+/m0/s1. The highest BCUT2D eigenvalue weighted by atomic mass is 19.1. The largest absolute Gasteiger partial charge is 0.496 e. The smallest absolute Gasteiger partial charge is 0.335 e. The lowest BCUT2D eigenvalue weighted by Crippen LogP contribution is -2.63. The second-order valence-corrected chi connectivity index (χ2v) is 14.1. The third-order valence-electron chi connectivity index (χ3n) is 11.9. The molecule has 1 heterocycles. The van der Waals surface area contributed by atoms with Crippen molar-refractivity contribution < 1.29 is 53.0 Å². The van der Waals surface area contributed by atoms with E-state index in [1.165, 1.54) is 31.4 Å². The number of allylic oxidation sites excluding steroid dienone is 4. The molecule has 10 nitrogen and oxygen atoms in total. The van der Waals surface area contributed by atoms with E-state index >= 15 is 4.39 Å². The van der Waals surface area contributed by atoms with Crippen molar-refractivity contribution in [1.29, 1.82) is 0 Å². The van der Waals surface area contributed by atoms with Gasteiger partial charge < -0.3 is 34.3 Å². The van der Waals surface area contributed by atoms with E-state index in [0.29, 0.717) is 24.8 Å². The number of ether oxygens (including phenoxy) is 4. The molecule has 0 radical (unpaired) electrons. The molecule has 1 saturated heterocycles. The maximum absolute atomic E-state index is 16.3. The third-order valence-corrected chi connectivity index (χ3v) is 11.9. The van der Waals surface area contributed by atoms with E-state index in [9.17, 15) is 29.7 Å². The molecule has 48 heavy (non-hydrogen) atoms. The molecular weight excluding hydrogens is 623 g/mol. The number of benzene rings is 2. The maximum atomic E-state index is 16.3. The highest BCUT2D eigenvalue weighted by Crippen LogP contribution is 2.70. The highest BCUT2D eigenvalue weighted by molar-refractivity contribution is 6.01. The molecule has 4 aliphatic carbocycles. The number of methoxy groups -OCH3 is 1. The number of hydrogen-bond donors (Lipinski definition) is 3. The Labute approximate surface area is 277 Å². The van der Waals surface area contributed by atoms with Gasteiger partial charge in [0, 0.05) is 16.7 Å². The van der Waals surface area contributed by atoms with Gasteiger partial charge in [0.2, 0.25) is 0 Å². The zero-order valence-corrected chi connectivity index (χ0v) is 27.0. The van der Waals surface area contributed by atoms with Gasteiger partial charge >= 0.3 is 5.97 Å². The number of carboxylic acids is 1. The fourth-order valence-corrected chi connectivity index (χ4v) is 9.83.